The number of ether oxygens (including phenoxy) is 3. The first-order valence-electron chi connectivity index (χ1n) is 8.51. The molecule has 0 saturated heterocycles. The second kappa shape index (κ2) is 8.30. The molecule has 11 heteroatoms. The molecule has 1 aromatic rings. The third-order valence-electron chi connectivity index (χ3n) is 3.80. The monoisotopic (exact) mass is 397 g/mol. The van der Waals surface area contributed by atoms with Gasteiger partial charge in [0.25, 0.3) is 5.69 Å². The van der Waals surface area contributed by atoms with E-state index in [9.17, 15) is 24.8 Å². The number of amides is 1. The van der Waals surface area contributed by atoms with E-state index in [0.29, 0.717) is 11.3 Å². The van der Waals surface area contributed by atoms with E-state index in [-0.39, 0.29) is 24.8 Å². The maximum atomic E-state index is 11.8. The van der Waals surface area contributed by atoms with Crippen LogP contribution in [0.1, 0.15) is 39.3 Å². The lowest BCUT2D eigenvalue weighted by molar-refractivity contribution is -0.385. The molecule has 2 atom stereocenters. The normalized spacial score (nSPS) is 14.9. The van der Waals surface area contributed by atoms with Crippen LogP contribution in [-0.4, -0.2) is 47.1 Å². The standard InChI is InChI=1S/C17H23N3O8/c1-9(10-5-13-14(27-8-26-13)6-12(10)20(24)25)18-7-11(15(21)22)19-16(23)28-17(2,3)4/h5-6,9,11,18H,7-8H2,1-4H3,(H,19,23)(H,21,22). The smallest absolute Gasteiger partial charge is 0.408 e. The number of rotatable bonds is 7. The number of hydrogen-bond donors (Lipinski definition) is 3. The molecule has 1 heterocycles. The van der Waals surface area contributed by atoms with Crippen LogP contribution >= 0.6 is 0 Å². The lowest BCUT2D eigenvalue weighted by atomic mass is 10.0. The summed E-state index contributed by atoms with van der Waals surface area (Å²) in [4.78, 5) is 34.1. The van der Waals surface area contributed by atoms with Gasteiger partial charge < -0.3 is 30.0 Å². The molecule has 154 valence electrons. The van der Waals surface area contributed by atoms with Gasteiger partial charge in [0.15, 0.2) is 11.5 Å². The summed E-state index contributed by atoms with van der Waals surface area (Å²) >= 11 is 0. The van der Waals surface area contributed by atoms with Gasteiger partial charge in [-0.05, 0) is 33.8 Å². The average Bonchev–Trinajstić information content (AvgIpc) is 3.02. The predicted molar refractivity (Wildman–Crippen MR) is 96.4 cm³/mol. The van der Waals surface area contributed by atoms with E-state index in [0.717, 1.165) is 0 Å². The number of carboxylic acid groups (broad SMARTS) is 1. The molecular weight excluding hydrogens is 374 g/mol. The van der Waals surface area contributed by atoms with E-state index in [2.05, 4.69) is 10.6 Å². The fourth-order valence-corrected chi connectivity index (χ4v) is 2.51. The van der Waals surface area contributed by atoms with Gasteiger partial charge in [-0.1, -0.05) is 0 Å². The largest absolute Gasteiger partial charge is 0.480 e. The number of carbonyl (C=O) groups excluding carboxylic acids is 1. The zero-order valence-electron chi connectivity index (χ0n) is 16.0. The van der Waals surface area contributed by atoms with Crippen molar-refractivity contribution in [3.05, 3.63) is 27.8 Å². The van der Waals surface area contributed by atoms with Crippen molar-refractivity contribution in [1.82, 2.24) is 10.6 Å². The van der Waals surface area contributed by atoms with Gasteiger partial charge in [0.05, 0.1) is 16.6 Å². The van der Waals surface area contributed by atoms with Crippen molar-refractivity contribution in [3.63, 3.8) is 0 Å². The highest BCUT2D eigenvalue weighted by Crippen LogP contribution is 2.40. The van der Waals surface area contributed by atoms with Gasteiger partial charge >= 0.3 is 12.1 Å². The third kappa shape index (κ3) is 5.46. The van der Waals surface area contributed by atoms with E-state index in [4.69, 9.17) is 14.2 Å². The molecule has 2 rings (SSSR count). The maximum absolute atomic E-state index is 11.8. The molecule has 1 aliphatic heterocycles. The molecule has 1 aliphatic rings. The van der Waals surface area contributed by atoms with E-state index >= 15 is 0 Å². The quantitative estimate of drug-likeness (QED) is 0.463. The fourth-order valence-electron chi connectivity index (χ4n) is 2.51. The molecule has 1 amide bonds. The Labute approximate surface area is 161 Å². The second-order valence-corrected chi connectivity index (χ2v) is 7.19. The Kier molecular flexibility index (Phi) is 6.29. The molecule has 0 fully saturated rings. The first-order chi connectivity index (χ1) is 13.0. The van der Waals surface area contributed by atoms with Crippen LogP contribution in [0, 0.1) is 10.1 Å². The van der Waals surface area contributed by atoms with Crippen molar-refractivity contribution in [2.24, 2.45) is 0 Å². The lowest BCUT2D eigenvalue weighted by Crippen LogP contribution is -2.49. The molecule has 0 radical (unpaired) electrons. The Morgan fingerprint density at radius 1 is 1.32 bits per heavy atom. The predicted octanol–water partition coefficient (Wildman–Crippen LogP) is 1.95. The van der Waals surface area contributed by atoms with Crippen molar-refractivity contribution in [3.8, 4) is 11.5 Å². The number of carbonyl (C=O) groups is 2. The molecule has 28 heavy (non-hydrogen) atoms. The summed E-state index contributed by atoms with van der Waals surface area (Å²) in [5, 5.41) is 25.8. The summed E-state index contributed by atoms with van der Waals surface area (Å²) in [5.74, 6) is -0.626. The van der Waals surface area contributed by atoms with Gasteiger partial charge in [-0.15, -0.1) is 0 Å². The van der Waals surface area contributed by atoms with Crippen LogP contribution < -0.4 is 20.1 Å². The first-order valence-corrected chi connectivity index (χ1v) is 8.51. The fraction of sp³-hybridized carbons (Fsp3) is 0.529. The maximum Gasteiger partial charge on any atom is 0.408 e. The summed E-state index contributed by atoms with van der Waals surface area (Å²) in [6.45, 7) is 6.39. The number of fused-ring (bicyclic) bond motifs is 1. The molecule has 0 bridgehead atoms. The van der Waals surface area contributed by atoms with E-state index in [1.165, 1.54) is 12.1 Å². The Balaban J connectivity index is 2.09. The van der Waals surface area contributed by atoms with E-state index < -0.39 is 34.7 Å². The van der Waals surface area contributed by atoms with Crippen molar-refractivity contribution >= 4 is 17.7 Å². The topological polar surface area (TPSA) is 149 Å². The number of benzene rings is 1. The van der Waals surface area contributed by atoms with Crippen LogP contribution in [0.4, 0.5) is 10.5 Å². The molecule has 2 unspecified atom stereocenters. The minimum atomic E-state index is -1.29. The zero-order valence-corrected chi connectivity index (χ0v) is 16.0. The highest BCUT2D eigenvalue weighted by atomic mass is 16.7. The van der Waals surface area contributed by atoms with Crippen molar-refractivity contribution < 1.29 is 33.8 Å². The molecule has 0 spiro atoms. The Morgan fingerprint density at radius 2 is 1.93 bits per heavy atom. The zero-order chi connectivity index (χ0) is 21.1. The molecule has 3 N–H and O–H groups in total. The van der Waals surface area contributed by atoms with Crippen LogP contribution in [0.25, 0.3) is 0 Å². The molecule has 11 nitrogen and oxygen atoms in total. The van der Waals surface area contributed by atoms with Crippen molar-refractivity contribution in [2.45, 2.75) is 45.4 Å². The summed E-state index contributed by atoms with van der Waals surface area (Å²) in [6, 6.07) is 0.862. The van der Waals surface area contributed by atoms with Crippen LogP contribution in [-0.2, 0) is 9.53 Å². The van der Waals surface area contributed by atoms with Crippen LogP contribution in [0.2, 0.25) is 0 Å². The van der Waals surface area contributed by atoms with Gasteiger partial charge in [0, 0.05) is 12.6 Å². The minimum absolute atomic E-state index is 0.0291. The van der Waals surface area contributed by atoms with Gasteiger partial charge in [-0.3, -0.25) is 10.1 Å². The number of nitro benzene ring substituents is 1. The van der Waals surface area contributed by atoms with Crippen LogP contribution in [0.5, 0.6) is 11.5 Å². The molecule has 0 saturated carbocycles. The first kappa shape index (κ1) is 21.2. The summed E-state index contributed by atoms with van der Waals surface area (Å²) in [6.07, 6.45) is -0.872. The Bertz CT molecular complexity index is 774. The number of hydrogen-bond acceptors (Lipinski definition) is 8. The molecular formula is C17H23N3O8. The number of alkyl carbamates (subject to hydrolysis) is 1. The van der Waals surface area contributed by atoms with Gasteiger partial charge in [0.1, 0.15) is 11.6 Å². The average molecular weight is 397 g/mol. The van der Waals surface area contributed by atoms with Crippen molar-refractivity contribution in [2.75, 3.05) is 13.3 Å². The SMILES string of the molecule is CC(NCC(NC(=O)OC(C)(C)C)C(=O)O)c1cc2c(cc1[N+](=O)[O-])OCO2. The number of nitrogens with one attached hydrogen (secondary N) is 2. The number of nitrogens with zero attached hydrogens (tertiary/aromatic N) is 1. The van der Waals surface area contributed by atoms with Crippen molar-refractivity contribution in [1.29, 1.82) is 0 Å². The van der Waals surface area contributed by atoms with E-state index in [1.54, 1.807) is 27.7 Å². The molecule has 1 aromatic carbocycles. The molecule has 0 aromatic heterocycles. The lowest BCUT2D eigenvalue weighted by Gasteiger charge is -2.23. The highest BCUT2D eigenvalue weighted by molar-refractivity contribution is 5.80. The number of aliphatic carboxylic acids is 1. The van der Waals surface area contributed by atoms with E-state index in [1.807, 2.05) is 0 Å². The molecule has 0 aliphatic carbocycles. The Hall–Kier alpha value is -3.08. The van der Waals surface area contributed by atoms with Crippen LogP contribution in [0.15, 0.2) is 12.1 Å². The summed E-state index contributed by atoms with van der Waals surface area (Å²) < 4.78 is 15.4. The van der Waals surface area contributed by atoms with Gasteiger partial charge in [-0.25, -0.2) is 9.59 Å². The Morgan fingerprint density at radius 3 is 2.46 bits per heavy atom. The highest BCUT2D eigenvalue weighted by Gasteiger charge is 2.28. The number of nitro groups is 1. The van der Waals surface area contributed by atoms with Gasteiger partial charge in [-0.2, -0.15) is 0 Å². The third-order valence-corrected chi connectivity index (χ3v) is 3.80. The van der Waals surface area contributed by atoms with Gasteiger partial charge in [0.2, 0.25) is 6.79 Å². The van der Waals surface area contributed by atoms with Crippen LogP contribution in [0.3, 0.4) is 0 Å². The minimum Gasteiger partial charge on any atom is -0.480 e. The second-order valence-electron chi connectivity index (χ2n) is 7.19. The number of carboxylic acids is 1. The summed E-state index contributed by atoms with van der Waals surface area (Å²) in [7, 11) is 0. The summed E-state index contributed by atoms with van der Waals surface area (Å²) in [5.41, 5.74) is -0.659.